The third-order valence-corrected chi connectivity index (χ3v) is 8.46. The predicted octanol–water partition coefficient (Wildman–Crippen LogP) is 7.74. The monoisotopic (exact) mass is 576 g/mol. The molecule has 0 spiro atoms. The molecule has 0 saturated heterocycles. The molecule has 2 heterocycles. The number of para-hydroxylation sites is 1. The van der Waals surface area contributed by atoms with E-state index in [0.29, 0.717) is 17.5 Å². The molecule has 215 valence electrons. The van der Waals surface area contributed by atoms with Crippen LogP contribution in [-0.2, 0) is 4.65 Å². The topological polar surface area (TPSA) is 81.3 Å². The Bertz CT molecular complexity index is 2150. The fourth-order valence-electron chi connectivity index (χ4n) is 5.27. The number of hydrogen-bond acceptors (Lipinski definition) is 6. The molecule has 0 bridgehead atoms. The van der Waals surface area contributed by atoms with Gasteiger partial charge in [-0.05, 0) is 56.1 Å². The number of fused-ring (bicyclic) bond motifs is 4. The Balaban J connectivity index is 1.42. The quantitative estimate of drug-likeness (QED) is 0.196. The first-order valence-electron chi connectivity index (χ1n) is 14.7. The molecule has 1 N–H and O–H groups in total. The zero-order valence-corrected chi connectivity index (χ0v) is 25.1. The van der Waals surface area contributed by atoms with E-state index >= 15 is 0 Å². The van der Waals surface area contributed by atoms with Gasteiger partial charge in [-0.25, -0.2) is 15.0 Å². The summed E-state index contributed by atoms with van der Waals surface area (Å²) in [6.45, 7) is 7.25. The number of furan rings is 1. The fraction of sp³-hybridized carbons (Fsp3) is 0.162. The standard InChI is InChI=1S/C37H31BN3O3/c1-36(2,42)37(3,4)44-38-29-22-21-26(24-15-8-9-16-25(24)29)34-39-33(23-13-6-5-7-14-23)40-35(41-34)28-18-12-20-31-32(28)27-17-10-11-19-30(27)43-31/h5-22,42H,1-4H3. The summed E-state index contributed by atoms with van der Waals surface area (Å²) in [4.78, 5) is 15.1. The van der Waals surface area contributed by atoms with E-state index in [1.807, 2.05) is 105 Å². The largest absolute Gasteiger partial charge is 0.456 e. The first kappa shape index (κ1) is 28.0. The first-order valence-corrected chi connectivity index (χ1v) is 14.7. The number of aromatic nitrogens is 3. The van der Waals surface area contributed by atoms with Crippen LogP contribution in [-0.4, -0.2) is 38.7 Å². The van der Waals surface area contributed by atoms with Gasteiger partial charge in [0, 0.05) is 27.5 Å². The summed E-state index contributed by atoms with van der Waals surface area (Å²) in [5.74, 6) is 1.73. The Morgan fingerprint density at radius 2 is 1.20 bits per heavy atom. The van der Waals surface area contributed by atoms with Crippen LogP contribution in [0.5, 0.6) is 0 Å². The lowest BCUT2D eigenvalue weighted by atomic mass is 9.79. The maximum atomic E-state index is 10.6. The molecular formula is C37H31BN3O3. The highest BCUT2D eigenvalue weighted by Crippen LogP contribution is 2.37. The molecule has 2 aromatic heterocycles. The third kappa shape index (κ3) is 4.94. The normalized spacial score (nSPS) is 12.3. The van der Waals surface area contributed by atoms with Gasteiger partial charge in [-0.15, -0.1) is 0 Å². The van der Waals surface area contributed by atoms with Crippen molar-refractivity contribution in [2.45, 2.75) is 38.9 Å². The number of hydrogen-bond donors (Lipinski definition) is 1. The van der Waals surface area contributed by atoms with Gasteiger partial charge in [0.05, 0.1) is 11.2 Å². The SMILES string of the molecule is CC(C)(O)C(C)(C)O[B]c1ccc(-c2nc(-c3ccccc3)nc(-c3cccc4oc5ccccc5c34)n2)c2ccccc12. The van der Waals surface area contributed by atoms with Crippen LogP contribution in [0.3, 0.4) is 0 Å². The van der Waals surface area contributed by atoms with Crippen LogP contribution >= 0.6 is 0 Å². The molecule has 0 saturated carbocycles. The minimum absolute atomic E-state index is 0.569. The van der Waals surface area contributed by atoms with Gasteiger partial charge in [-0.3, -0.25) is 0 Å². The highest BCUT2D eigenvalue weighted by atomic mass is 16.5. The van der Waals surface area contributed by atoms with E-state index in [4.69, 9.17) is 24.0 Å². The highest BCUT2D eigenvalue weighted by molar-refractivity contribution is 6.51. The first-order chi connectivity index (χ1) is 21.2. The molecule has 7 rings (SSSR count). The van der Waals surface area contributed by atoms with Crippen molar-refractivity contribution in [3.05, 3.63) is 109 Å². The van der Waals surface area contributed by atoms with Gasteiger partial charge in [0.25, 0.3) is 0 Å². The molecule has 0 unspecified atom stereocenters. The Hall–Kier alpha value is -4.85. The van der Waals surface area contributed by atoms with Crippen molar-refractivity contribution >= 4 is 45.7 Å². The summed E-state index contributed by atoms with van der Waals surface area (Å²) in [5.41, 5.74) is 3.34. The minimum Gasteiger partial charge on any atom is -0.456 e. The van der Waals surface area contributed by atoms with E-state index in [1.165, 1.54) is 0 Å². The van der Waals surface area contributed by atoms with E-state index in [1.54, 1.807) is 21.3 Å². The second-order valence-corrected chi connectivity index (χ2v) is 12.0. The predicted molar refractivity (Wildman–Crippen MR) is 178 cm³/mol. The van der Waals surface area contributed by atoms with Crippen molar-refractivity contribution in [3.8, 4) is 34.2 Å². The molecule has 0 aliphatic rings. The summed E-state index contributed by atoms with van der Waals surface area (Å²) >= 11 is 0. The maximum Gasteiger partial charge on any atom is 0.331 e. The molecular weight excluding hydrogens is 545 g/mol. The summed E-state index contributed by atoms with van der Waals surface area (Å²) in [7, 11) is 1.73. The van der Waals surface area contributed by atoms with E-state index in [-0.39, 0.29) is 0 Å². The zero-order valence-electron chi connectivity index (χ0n) is 25.1. The smallest absolute Gasteiger partial charge is 0.331 e. The molecule has 6 nitrogen and oxygen atoms in total. The molecule has 0 amide bonds. The van der Waals surface area contributed by atoms with Crippen molar-refractivity contribution < 1.29 is 14.2 Å². The Labute approximate surface area is 256 Å². The van der Waals surface area contributed by atoms with Crippen molar-refractivity contribution in [2.75, 3.05) is 0 Å². The van der Waals surface area contributed by atoms with Crippen LogP contribution in [0.15, 0.2) is 114 Å². The average Bonchev–Trinajstić information content (AvgIpc) is 3.42. The maximum absolute atomic E-state index is 10.6. The molecule has 0 atom stereocenters. The fourth-order valence-corrected chi connectivity index (χ4v) is 5.27. The number of aliphatic hydroxyl groups is 1. The molecule has 0 fully saturated rings. The highest BCUT2D eigenvalue weighted by Gasteiger charge is 2.36. The Morgan fingerprint density at radius 3 is 1.95 bits per heavy atom. The molecule has 1 radical (unpaired) electrons. The lowest BCUT2D eigenvalue weighted by Gasteiger charge is -2.37. The number of rotatable bonds is 7. The van der Waals surface area contributed by atoms with Crippen molar-refractivity contribution in [2.24, 2.45) is 0 Å². The molecule has 7 aromatic rings. The van der Waals surface area contributed by atoms with Crippen LogP contribution in [0.1, 0.15) is 27.7 Å². The lowest BCUT2D eigenvalue weighted by molar-refractivity contribution is -0.0893. The second-order valence-electron chi connectivity index (χ2n) is 12.0. The molecule has 0 aliphatic carbocycles. The molecule has 44 heavy (non-hydrogen) atoms. The van der Waals surface area contributed by atoms with Gasteiger partial charge in [-0.1, -0.05) is 97.1 Å². The van der Waals surface area contributed by atoms with Crippen LogP contribution < -0.4 is 5.46 Å². The summed E-state index contributed by atoms with van der Waals surface area (Å²) < 4.78 is 12.3. The van der Waals surface area contributed by atoms with Gasteiger partial charge in [0.2, 0.25) is 0 Å². The summed E-state index contributed by atoms with van der Waals surface area (Å²) in [6.07, 6.45) is 0. The van der Waals surface area contributed by atoms with Gasteiger partial charge < -0.3 is 14.2 Å². The van der Waals surface area contributed by atoms with Gasteiger partial charge in [0.1, 0.15) is 11.2 Å². The third-order valence-electron chi connectivity index (χ3n) is 8.46. The number of nitrogens with zero attached hydrogens (tertiary/aromatic N) is 3. The van der Waals surface area contributed by atoms with Gasteiger partial charge in [-0.2, -0.15) is 0 Å². The van der Waals surface area contributed by atoms with Crippen molar-refractivity contribution in [1.82, 2.24) is 15.0 Å². The Morgan fingerprint density at radius 1 is 0.591 bits per heavy atom. The lowest BCUT2D eigenvalue weighted by Crippen LogP contribution is -2.49. The van der Waals surface area contributed by atoms with Crippen LogP contribution in [0.4, 0.5) is 0 Å². The van der Waals surface area contributed by atoms with Crippen LogP contribution in [0, 0.1) is 0 Å². The summed E-state index contributed by atoms with van der Waals surface area (Å²) in [5, 5.41) is 14.6. The second kappa shape index (κ2) is 10.7. The zero-order chi connectivity index (χ0) is 30.5. The van der Waals surface area contributed by atoms with E-state index < -0.39 is 11.2 Å². The molecule has 5 aromatic carbocycles. The van der Waals surface area contributed by atoms with E-state index in [9.17, 15) is 5.11 Å². The van der Waals surface area contributed by atoms with Crippen molar-refractivity contribution in [1.29, 1.82) is 0 Å². The Kier molecular flexibility index (Phi) is 6.80. The molecule has 7 heteroatoms. The van der Waals surface area contributed by atoms with Gasteiger partial charge in [0.15, 0.2) is 17.5 Å². The summed E-state index contributed by atoms with van der Waals surface area (Å²) in [6, 6.07) is 36.2. The number of benzene rings is 5. The minimum atomic E-state index is -1.03. The average molecular weight is 576 g/mol. The molecule has 0 aliphatic heterocycles. The van der Waals surface area contributed by atoms with E-state index in [0.717, 1.165) is 54.9 Å². The van der Waals surface area contributed by atoms with E-state index in [2.05, 4.69) is 18.2 Å². The van der Waals surface area contributed by atoms with Crippen LogP contribution in [0.25, 0.3) is 66.9 Å². The van der Waals surface area contributed by atoms with Crippen LogP contribution in [0.2, 0.25) is 0 Å². The van der Waals surface area contributed by atoms with Crippen molar-refractivity contribution in [3.63, 3.8) is 0 Å². The van der Waals surface area contributed by atoms with Gasteiger partial charge >= 0.3 is 7.48 Å².